The fourth-order valence-corrected chi connectivity index (χ4v) is 2.60. The molecule has 0 aromatic carbocycles. The minimum atomic E-state index is -3.44. The van der Waals surface area contributed by atoms with Crippen LogP contribution in [0.25, 0.3) is 0 Å². The molecular formula is C9H15N3O2S. The number of rotatable bonds is 5. The van der Waals surface area contributed by atoms with Crippen molar-refractivity contribution in [1.82, 2.24) is 14.7 Å². The highest BCUT2D eigenvalue weighted by atomic mass is 32.2. The van der Waals surface area contributed by atoms with Crippen LogP contribution < -0.4 is 4.72 Å². The van der Waals surface area contributed by atoms with Crippen LogP contribution in [0.15, 0.2) is 17.6 Å². The van der Waals surface area contributed by atoms with Gasteiger partial charge in [0.1, 0.15) is 0 Å². The molecule has 1 fully saturated rings. The van der Waals surface area contributed by atoms with Gasteiger partial charge in [-0.15, -0.1) is 0 Å². The Morgan fingerprint density at radius 1 is 1.60 bits per heavy atom. The van der Waals surface area contributed by atoms with E-state index in [1.165, 1.54) is 12.4 Å². The zero-order valence-electron chi connectivity index (χ0n) is 8.66. The Morgan fingerprint density at radius 3 is 2.80 bits per heavy atom. The fourth-order valence-electron chi connectivity index (χ4n) is 1.55. The Morgan fingerprint density at radius 2 is 2.33 bits per heavy atom. The summed E-state index contributed by atoms with van der Waals surface area (Å²) in [5, 5.41) is -0.00518. The van der Waals surface area contributed by atoms with Crippen molar-refractivity contribution in [2.24, 2.45) is 5.41 Å². The minimum Gasteiger partial charge on any atom is -0.334 e. The van der Waals surface area contributed by atoms with E-state index in [9.17, 15) is 8.42 Å². The first-order valence-corrected chi connectivity index (χ1v) is 6.55. The summed E-state index contributed by atoms with van der Waals surface area (Å²) in [5.74, 6) is 0. The van der Waals surface area contributed by atoms with Gasteiger partial charge < -0.3 is 4.98 Å². The highest BCUT2D eigenvalue weighted by Crippen LogP contribution is 2.47. The zero-order valence-corrected chi connectivity index (χ0v) is 9.47. The van der Waals surface area contributed by atoms with Crippen LogP contribution in [0, 0.1) is 5.41 Å². The smallest absolute Gasteiger partial charge is 0.274 e. The van der Waals surface area contributed by atoms with Crippen molar-refractivity contribution in [2.75, 3.05) is 6.54 Å². The number of aromatic nitrogens is 2. The van der Waals surface area contributed by atoms with E-state index in [4.69, 9.17) is 0 Å². The van der Waals surface area contributed by atoms with Crippen molar-refractivity contribution < 1.29 is 8.42 Å². The van der Waals surface area contributed by atoms with Gasteiger partial charge in [-0.1, -0.05) is 6.92 Å². The predicted molar refractivity (Wildman–Crippen MR) is 55.7 cm³/mol. The molecule has 0 radical (unpaired) electrons. The number of hydrogen-bond acceptors (Lipinski definition) is 3. The Hall–Kier alpha value is -0.880. The molecule has 1 aliphatic rings. The number of imidazole rings is 1. The number of nitrogens with zero attached hydrogens (tertiary/aromatic N) is 1. The van der Waals surface area contributed by atoms with Crippen LogP contribution in [0.4, 0.5) is 0 Å². The van der Waals surface area contributed by atoms with Crippen LogP contribution in [0.3, 0.4) is 0 Å². The zero-order chi connectivity index (χ0) is 10.9. The molecule has 2 rings (SSSR count). The summed E-state index contributed by atoms with van der Waals surface area (Å²) in [4.78, 5) is 6.32. The second-order valence-electron chi connectivity index (χ2n) is 4.07. The van der Waals surface area contributed by atoms with Gasteiger partial charge >= 0.3 is 0 Å². The summed E-state index contributed by atoms with van der Waals surface area (Å²) in [6, 6.07) is 0. The van der Waals surface area contributed by atoms with Crippen LogP contribution >= 0.6 is 0 Å². The number of nitrogens with one attached hydrogen (secondary N) is 2. The van der Waals surface area contributed by atoms with Crippen molar-refractivity contribution in [3.8, 4) is 0 Å². The molecule has 0 atom stereocenters. The normalized spacial score (nSPS) is 19.0. The second kappa shape index (κ2) is 3.61. The Bertz CT molecular complexity index is 420. The van der Waals surface area contributed by atoms with Gasteiger partial charge in [0, 0.05) is 18.9 Å². The standard InChI is InChI=1S/C9H15N3O2S/c1-2-9(3-4-9)7-12-15(13,14)8-10-5-6-11-8/h5-6,12H,2-4,7H2,1H3,(H,10,11). The lowest BCUT2D eigenvalue weighted by Crippen LogP contribution is -2.30. The molecule has 6 heteroatoms. The van der Waals surface area contributed by atoms with Crippen molar-refractivity contribution in [3.63, 3.8) is 0 Å². The van der Waals surface area contributed by atoms with Crippen LogP contribution in [-0.4, -0.2) is 24.9 Å². The number of sulfonamides is 1. The first kappa shape index (κ1) is 10.6. The SMILES string of the molecule is CCC1(CNS(=O)(=O)c2ncc[nH]2)CC1. The second-order valence-corrected chi connectivity index (χ2v) is 5.75. The van der Waals surface area contributed by atoms with E-state index in [1.807, 2.05) is 0 Å². The summed E-state index contributed by atoms with van der Waals surface area (Å²) in [6.45, 7) is 2.61. The molecule has 0 unspecified atom stereocenters. The molecule has 1 aliphatic carbocycles. The Balaban J connectivity index is 2.00. The minimum absolute atomic E-state index is 0.00518. The number of H-pyrrole nitrogens is 1. The maximum absolute atomic E-state index is 11.7. The highest BCUT2D eigenvalue weighted by molar-refractivity contribution is 7.89. The number of aromatic amines is 1. The Kier molecular flexibility index (Phi) is 2.56. The molecule has 5 nitrogen and oxygen atoms in total. The van der Waals surface area contributed by atoms with E-state index in [1.54, 1.807) is 0 Å². The van der Waals surface area contributed by atoms with Gasteiger partial charge in [-0.3, -0.25) is 0 Å². The molecule has 0 spiro atoms. The van der Waals surface area contributed by atoms with Gasteiger partial charge in [0.25, 0.3) is 10.0 Å². The van der Waals surface area contributed by atoms with Gasteiger partial charge in [-0.2, -0.15) is 0 Å². The first-order valence-electron chi connectivity index (χ1n) is 5.07. The van der Waals surface area contributed by atoms with E-state index in [2.05, 4.69) is 21.6 Å². The third kappa shape index (κ3) is 2.21. The van der Waals surface area contributed by atoms with Gasteiger partial charge in [-0.05, 0) is 24.7 Å². The molecule has 0 bridgehead atoms. The maximum atomic E-state index is 11.7. The largest absolute Gasteiger partial charge is 0.334 e. The Labute approximate surface area is 89.4 Å². The quantitative estimate of drug-likeness (QED) is 0.787. The van der Waals surface area contributed by atoms with E-state index in [-0.39, 0.29) is 10.6 Å². The van der Waals surface area contributed by atoms with E-state index < -0.39 is 10.0 Å². The highest BCUT2D eigenvalue weighted by Gasteiger charge is 2.41. The summed E-state index contributed by atoms with van der Waals surface area (Å²) < 4.78 is 26.0. The van der Waals surface area contributed by atoms with Crippen molar-refractivity contribution >= 4 is 10.0 Å². The molecule has 1 aromatic heterocycles. The third-order valence-electron chi connectivity index (χ3n) is 3.07. The monoisotopic (exact) mass is 229 g/mol. The number of hydrogen-bond donors (Lipinski definition) is 2. The lowest BCUT2D eigenvalue weighted by Gasteiger charge is -2.12. The lowest BCUT2D eigenvalue weighted by molar-refractivity contribution is 0.474. The predicted octanol–water partition coefficient (Wildman–Crippen LogP) is 0.878. The third-order valence-corrected chi connectivity index (χ3v) is 4.33. The molecule has 2 N–H and O–H groups in total. The fraction of sp³-hybridized carbons (Fsp3) is 0.667. The maximum Gasteiger partial charge on any atom is 0.274 e. The van der Waals surface area contributed by atoms with Crippen LogP contribution in [-0.2, 0) is 10.0 Å². The molecule has 0 amide bonds. The van der Waals surface area contributed by atoms with Gasteiger partial charge in [0.05, 0.1) is 0 Å². The molecule has 1 heterocycles. The molecule has 1 saturated carbocycles. The first-order chi connectivity index (χ1) is 7.08. The molecule has 15 heavy (non-hydrogen) atoms. The summed E-state index contributed by atoms with van der Waals surface area (Å²) in [7, 11) is -3.44. The van der Waals surface area contributed by atoms with Crippen molar-refractivity contribution in [3.05, 3.63) is 12.4 Å². The van der Waals surface area contributed by atoms with E-state index >= 15 is 0 Å². The molecule has 0 aliphatic heterocycles. The molecule has 1 aromatic rings. The van der Waals surface area contributed by atoms with Crippen molar-refractivity contribution in [2.45, 2.75) is 31.3 Å². The average molecular weight is 229 g/mol. The molecular weight excluding hydrogens is 214 g/mol. The van der Waals surface area contributed by atoms with Crippen molar-refractivity contribution in [1.29, 1.82) is 0 Å². The van der Waals surface area contributed by atoms with E-state index in [0.29, 0.717) is 6.54 Å². The molecule has 84 valence electrons. The lowest BCUT2D eigenvalue weighted by atomic mass is 10.1. The summed E-state index contributed by atoms with van der Waals surface area (Å²) in [5.41, 5.74) is 0.208. The van der Waals surface area contributed by atoms with E-state index in [0.717, 1.165) is 19.3 Å². The topological polar surface area (TPSA) is 74.8 Å². The van der Waals surface area contributed by atoms with Crippen LogP contribution in [0.1, 0.15) is 26.2 Å². The average Bonchev–Trinajstić information content (AvgIpc) is 2.77. The summed E-state index contributed by atoms with van der Waals surface area (Å²) in [6.07, 6.45) is 6.19. The van der Waals surface area contributed by atoms with Gasteiger partial charge in [0.15, 0.2) is 0 Å². The molecule has 0 saturated heterocycles. The summed E-state index contributed by atoms with van der Waals surface area (Å²) >= 11 is 0. The van der Waals surface area contributed by atoms with Gasteiger partial charge in [0.2, 0.25) is 5.16 Å². The van der Waals surface area contributed by atoms with Crippen LogP contribution in [0.2, 0.25) is 0 Å². The van der Waals surface area contributed by atoms with Crippen LogP contribution in [0.5, 0.6) is 0 Å². The van der Waals surface area contributed by atoms with Gasteiger partial charge in [-0.25, -0.2) is 18.1 Å².